The molecule has 4 nitrogen and oxygen atoms in total. The summed E-state index contributed by atoms with van der Waals surface area (Å²) >= 11 is 3.48. The minimum Gasteiger partial charge on any atom is -0.491 e. The van der Waals surface area contributed by atoms with Gasteiger partial charge in [0.2, 0.25) is 0 Å². The van der Waals surface area contributed by atoms with Crippen LogP contribution in [0.2, 0.25) is 0 Å². The van der Waals surface area contributed by atoms with Gasteiger partial charge in [0.1, 0.15) is 18.5 Å². The van der Waals surface area contributed by atoms with E-state index in [4.69, 9.17) is 9.47 Å². The van der Waals surface area contributed by atoms with Gasteiger partial charge in [-0.3, -0.25) is 4.90 Å². The van der Waals surface area contributed by atoms with Crippen LogP contribution in [0.1, 0.15) is 35.3 Å². The Bertz CT molecular complexity index is 793. The fraction of sp³-hybridized carbons (Fsp3) is 0.478. The third-order valence-electron chi connectivity index (χ3n) is 5.53. The van der Waals surface area contributed by atoms with Gasteiger partial charge in [0.05, 0.1) is 12.7 Å². The van der Waals surface area contributed by atoms with Crippen molar-refractivity contribution in [2.45, 2.75) is 45.9 Å². The van der Waals surface area contributed by atoms with Crippen LogP contribution >= 0.6 is 15.9 Å². The summed E-state index contributed by atoms with van der Waals surface area (Å²) in [6.07, 6.45) is -0.539. The van der Waals surface area contributed by atoms with Gasteiger partial charge in [-0.25, -0.2) is 0 Å². The molecule has 152 valence electrons. The molecule has 0 aromatic heterocycles. The second-order valence-corrected chi connectivity index (χ2v) is 8.66. The van der Waals surface area contributed by atoms with Crippen LogP contribution in [0.15, 0.2) is 40.9 Å². The molecule has 1 fully saturated rings. The van der Waals surface area contributed by atoms with Gasteiger partial charge < -0.3 is 14.6 Å². The number of halogens is 1. The highest BCUT2D eigenvalue weighted by molar-refractivity contribution is 9.10. The number of rotatable bonds is 6. The van der Waals surface area contributed by atoms with Gasteiger partial charge in [0, 0.05) is 23.6 Å². The molecular weight excluding hydrogens is 418 g/mol. The first-order valence-electron chi connectivity index (χ1n) is 9.85. The molecular formula is C23H30BrNO3. The molecule has 1 aliphatic heterocycles. The molecule has 0 saturated carbocycles. The van der Waals surface area contributed by atoms with Gasteiger partial charge in [-0.15, -0.1) is 0 Å². The van der Waals surface area contributed by atoms with Crippen molar-refractivity contribution >= 4 is 15.9 Å². The van der Waals surface area contributed by atoms with E-state index in [0.717, 1.165) is 27.9 Å². The number of morpholine rings is 1. The molecule has 0 spiro atoms. The molecule has 1 aliphatic rings. The van der Waals surface area contributed by atoms with Gasteiger partial charge >= 0.3 is 0 Å². The summed E-state index contributed by atoms with van der Waals surface area (Å²) in [4.78, 5) is 2.29. The van der Waals surface area contributed by atoms with E-state index >= 15 is 0 Å². The third kappa shape index (κ3) is 5.15. The molecule has 5 heteroatoms. The van der Waals surface area contributed by atoms with Crippen LogP contribution in [0.4, 0.5) is 0 Å². The second kappa shape index (κ2) is 9.40. The molecule has 1 heterocycles. The smallest absolute Gasteiger partial charge is 0.122 e. The molecule has 2 aromatic rings. The molecule has 0 bridgehead atoms. The van der Waals surface area contributed by atoms with Crippen molar-refractivity contribution in [2.75, 3.05) is 26.3 Å². The van der Waals surface area contributed by atoms with Crippen molar-refractivity contribution in [3.8, 4) is 5.75 Å². The lowest BCUT2D eigenvalue weighted by Crippen LogP contribution is -2.49. The lowest BCUT2D eigenvalue weighted by molar-refractivity contribution is -0.0805. The highest BCUT2D eigenvalue weighted by Gasteiger charge is 2.31. The average Bonchev–Trinajstić information content (AvgIpc) is 2.66. The van der Waals surface area contributed by atoms with E-state index in [0.29, 0.717) is 13.2 Å². The van der Waals surface area contributed by atoms with Gasteiger partial charge in [-0.2, -0.15) is 0 Å². The molecule has 28 heavy (non-hydrogen) atoms. The zero-order valence-corrected chi connectivity index (χ0v) is 18.7. The van der Waals surface area contributed by atoms with E-state index in [1.54, 1.807) is 0 Å². The standard InChI is InChI=1S/C23H30BrNO3/c1-15-11-16(2)17(3)22(12-15)28-14-21(26)13-25-9-10-27-23(18(25)4)19-5-7-20(24)8-6-19/h5-8,11-12,18,21,23,26H,9-10,13-14H2,1-4H3. The molecule has 1 N–H and O–H groups in total. The molecule has 0 aliphatic carbocycles. The van der Waals surface area contributed by atoms with Crippen LogP contribution in [0.3, 0.4) is 0 Å². The number of aryl methyl sites for hydroxylation is 2. The third-order valence-corrected chi connectivity index (χ3v) is 6.06. The number of benzene rings is 2. The maximum atomic E-state index is 10.6. The molecule has 0 amide bonds. The van der Waals surface area contributed by atoms with E-state index in [-0.39, 0.29) is 18.8 Å². The summed E-state index contributed by atoms with van der Waals surface area (Å²) in [5.41, 5.74) is 4.68. The Morgan fingerprint density at radius 2 is 1.93 bits per heavy atom. The quantitative estimate of drug-likeness (QED) is 0.703. The van der Waals surface area contributed by atoms with Crippen LogP contribution < -0.4 is 4.74 Å². The van der Waals surface area contributed by atoms with E-state index in [1.165, 1.54) is 11.1 Å². The minimum atomic E-state index is -0.550. The summed E-state index contributed by atoms with van der Waals surface area (Å²) in [5, 5.41) is 10.6. The number of ether oxygens (including phenoxy) is 2. The Balaban J connectivity index is 1.59. The molecule has 1 saturated heterocycles. The van der Waals surface area contributed by atoms with Crippen molar-refractivity contribution in [1.82, 2.24) is 4.90 Å². The van der Waals surface area contributed by atoms with Crippen molar-refractivity contribution in [3.63, 3.8) is 0 Å². The first kappa shape index (κ1) is 21.3. The lowest BCUT2D eigenvalue weighted by Gasteiger charge is -2.40. The number of hydrogen-bond acceptors (Lipinski definition) is 4. The lowest BCUT2D eigenvalue weighted by atomic mass is 10.0. The summed E-state index contributed by atoms with van der Waals surface area (Å²) in [6.45, 7) is 10.7. The summed E-state index contributed by atoms with van der Waals surface area (Å²) in [6, 6.07) is 12.6. The number of nitrogens with zero attached hydrogens (tertiary/aromatic N) is 1. The maximum absolute atomic E-state index is 10.6. The zero-order valence-electron chi connectivity index (χ0n) is 17.1. The highest BCUT2D eigenvalue weighted by atomic mass is 79.9. The maximum Gasteiger partial charge on any atom is 0.122 e. The summed E-state index contributed by atoms with van der Waals surface area (Å²) in [5.74, 6) is 0.860. The van der Waals surface area contributed by atoms with Gasteiger partial charge in [0.25, 0.3) is 0 Å². The Labute approximate surface area is 176 Å². The Hall–Kier alpha value is -1.40. The first-order valence-corrected chi connectivity index (χ1v) is 10.6. The SMILES string of the molecule is Cc1cc(C)c(C)c(OCC(O)CN2CCOC(c3ccc(Br)cc3)C2C)c1. The number of aliphatic hydroxyl groups is 1. The van der Waals surface area contributed by atoms with Crippen LogP contribution in [0, 0.1) is 20.8 Å². The normalized spacial score (nSPS) is 21.5. The van der Waals surface area contributed by atoms with Crippen molar-refractivity contribution in [2.24, 2.45) is 0 Å². The largest absolute Gasteiger partial charge is 0.491 e. The second-order valence-electron chi connectivity index (χ2n) is 7.75. The van der Waals surface area contributed by atoms with Crippen LogP contribution in [-0.4, -0.2) is 48.5 Å². The predicted octanol–water partition coefficient (Wildman–Crippen LogP) is 4.58. The van der Waals surface area contributed by atoms with E-state index in [2.05, 4.69) is 66.7 Å². The van der Waals surface area contributed by atoms with Crippen LogP contribution in [-0.2, 0) is 4.74 Å². The van der Waals surface area contributed by atoms with Gasteiger partial charge in [0.15, 0.2) is 0 Å². The Kier molecular flexibility index (Phi) is 7.15. The van der Waals surface area contributed by atoms with E-state index in [9.17, 15) is 5.11 Å². The van der Waals surface area contributed by atoms with Crippen LogP contribution in [0.5, 0.6) is 5.75 Å². The number of β-amino-alcohol motifs (C(OH)–C–C–N with tert-alkyl or cyclic N) is 1. The first-order chi connectivity index (χ1) is 13.3. The molecule has 3 rings (SSSR count). The molecule has 2 aromatic carbocycles. The van der Waals surface area contributed by atoms with E-state index in [1.807, 2.05) is 18.2 Å². The van der Waals surface area contributed by atoms with Crippen molar-refractivity contribution < 1.29 is 14.6 Å². The Morgan fingerprint density at radius 1 is 1.21 bits per heavy atom. The predicted molar refractivity (Wildman–Crippen MR) is 116 cm³/mol. The minimum absolute atomic E-state index is 0.0108. The van der Waals surface area contributed by atoms with Crippen molar-refractivity contribution in [1.29, 1.82) is 0 Å². The van der Waals surface area contributed by atoms with E-state index < -0.39 is 6.10 Å². The van der Waals surface area contributed by atoms with Crippen molar-refractivity contribution in [3.05, 3.63) is 63.1 Å². The van der Waals surface area contributed by atoms with Crippen LogP contribution in [0.25, 0.3) is 0 Å². The fourth-order valence-electron chi connectivity index (χ4n) is 3.78. The summed E-state index contributed by atoms with van der Waals surface area (Å²) in [7, 11) is 0. The number of aliphatic hydroxyl groups excluding tert-OH is 1. The topological polar surface area (TPSA) is 41.9 Å². The monoisotopic (exact) mass is 447 g/mol. The number of hydrogen-bond donors (Lipinski definition) is 1. The average molecular weight is 448 g/mol. The fourth-order valence-corrected chi connectivity index (χ4v) is 4.04. The van der Waals surface area contributed by atoms with Gasteiger partial charge in [-0.05, 0) is 68.1 Å². The Morgan fingerprint density at radius 3 is 2.64 bits per heavy atom. The highest BCUT2D eigenvalue weighted by Crippen LogP contribution is 2.29. The molecule has 3 atom stereocenters. The molecule has 0 radical (unpaired) electrons. The molecule has 3 unspecified atom stereocenters. The zero-order chi connectivity index (χ0) is 20.3. The summed E-state index contributed by atoms with van der Waals surface area (Å²) < 4.78 is 13.0. The van der Waals surface area contributed by atoms with Gasteiger partial charge in [-0.1, -0.05) is 34.1 Å².